The summed E-state index contributed by atoms with van der Waals surface area (Å²) in [6.45, 7) is 6.33. The van der Waals surface area contributed by atoms with E-state index in [9.17, 15) is 0 Å². The smallest absolute Gasteiger partial charge is 0.0513 e. The molecule has 1 heterocycles. The molecular formula is C16H25NO. The van der Waals surface area contributed by atoms with Gasteiger partial charge in [-0.2, -0.15) is 0 Å². The van der Waals surface area contributed by atoms with Crippen molar-refractivity contribution in [3.8, 4) is 0 Å². The summed E-state index contributed by atoms with van der Waals surface area (Å²) in [4.78, 5) is 0. The number of nitrogens with one attached hydrogen (secondary N) is 1. The number of hydrogen-bond donors (Lipinski definition) is 1. The van der Waals surface area contributed by atoms with Crippen molar-refractivity contribution >= 4 is 0 Å². The van der Waals surface area contributed by atoms with Crippen molar-refractivity contribution in [2.24, 2.45) is 11.8 Å². The fourth-order valence-electron chi connectivity index (χ4n) is 2.82. The summed E-state index contributed by atoms with van der Waals surface area (Å²) >= 11 is 0. The van der Waals surface area contributed by atoms with Crippen LogP contribution >= 0.6 is 0 Å². The van der Waals surface area contributed by atoms with Crippen molar-refractivity contribution in [1.29, 1.82) is 0 Å². The second-order valence-corrected chi connectivity index (χ2v) is 5.73. The summed E-state index contributed by atoms with van der Waals surface area (Å²) in [5, 5.41) is 3.44. The van der Waals surface area contributed by atoms with Gasteiger partial charge in [0.25, 0.3) is 0 Å². The highest BCUT2D eigenvalue weighted by Crippen LogP contribution is 2.28. The van der Waals surface area contributed by atoms with Crippen LogP contribution in [0, 0.1) is 11.8 Å². The van der Waals surface area contributed by atoms with Crippen LogP contribution in [0.4, 0.5) is 0 Å². The van der Waals surface area contributed by atoms with Crippen LogP contribution in [0.25, 0.3) is 0 Å². The quantitative estimate of drug-likeness (QED) is 0.863. The second kappa shape index (κ2) is 6.35. The van der Waals surface area contributed by atoms with Gasteiger partial charge in [0.2, 0.25) is 0 Å². The third-order valence-electron chi connectivity index (χ3n) is 3.73. The second-order valence-electron chi connectivity index (χ2n) is 5.73. The molecule has 0 amide bonds. The monoisotopic (exact) mass is 247 g/mol. The van der Waals surface area contributed by atoms with Crippen LogP contribution in [0.3, 0.4) is 0 Å². The van der Waals surface area contributed by atoms with E-state index in [4.69, 9.17) is 4.74 Å². The van der Waals surface area contributed by atoms with E-state index in [-0.39, 0.29) is 0 Å². The zero-order chi connectivity index (χ0) is 13.0. The predicted octanol–water partition coefficient (Wildman–Crippen LogP) is 3.18. The lowest BCUT2D eigenvalue weighted by Crippen LogP contribution is -2.25. The van der Waals surface area contributed by atoms with E-state index in [1.54, 1.807) is 0 Å². The summed E-state index contributed by atoms with van der Waals surface area (Å²) in [5.41, 5.74) is 2.83. The lowest BCUT2D eigenvalue weighted by molar-refractivity contribution is 0.178. The third kappa shape index (κ3) is 3.33. The van der Waals surface area contributed by atoms with Crippen LogP contribution < -0.4 is 5.32 Å². The van der Waals surface area contributed by atoms with Gasteiger partial charge in [0.1, 0.15) is 0 Å². The maximum atomic E-state index is 5.50. The zero-order valence-electron chi connectivity index (χ0n) is 11.8. The Morgan fingerprint density at radius 3 is 2.50 bits per heavy atom. The minimum Gasteiger partial charge on any atom is -0.381 e. The molecule has 0 radical (unpaired) electrons. The highest BCUT2D eigenvalue weighted by molar-refractivity contribution is 5.26. The van der Waals surface area contributed by atoms with Crippen molar-refractivity contribution in [1.82, 2.24) is 5.32 Å². The first-order valence-corrected chi connectivity index (χ1v) is 7.04. The molecule has 2 heteroatoms. The topological polar surface area (TPSA) is 21.3 Å². The van der Waals surface area contributed by atoms with E-state index in [1.165, 1.54) is 17.5 Å². The van der Waals surface area contributed by atoms with Crippen molar-refractivity contribution in [2.45, 2.75) is 32.7 Å². The maximum Gasteiger partial charge on any atom is 0.0513 e. The molecule has 0 saturated carbocycles. The highest BCUT2D eigenvalue weighted by atomic mass is 16.5. The summed E-state index contributed by atoms with van der Waals surface area (Å²) in [6, 6.07) is 9.53. The van der Waals surface area contributed by atoms with Crippen molar-refractivity contribution in [3.05, 3.63) is 35.4 Å². The largest absolute Gasteiger partial charge is 0.381 e. The molecule has 18 heavy (non-hydrogen) atoms. The number of rotatable bonds is 5. The molecule has 0 aliphatic carbocycles. The van der Waals surface area contributed by atoms with E-state index in [0.29, 0.717) is 12.0 Å². The molecule has 2 rings (SSSR count). The Morgan fingerprint density at radius 1 is 1.28 bits per heavy atom. The molecule has 2 unspecified atom stereocenters. The van der Waals surface area contributed by atoms with E-state index < -0.39 is 0 Å². The average Bonchev–Trinajstić information content (AvgIpc) is 2.85. The zero-order valence-corrected chi connectivity index (χ0v) is 11.8. The van der Waals surface area contributed by atoms with Gasteiger partial charge in [0.15, 0.2) is 0 Å². The molecule has 1 aromatic rings. The Hall–Kier alpha value is -0.860. The molecule has 1 aromatic carbocycles. The standard InChI is InChI=1S/C16H25NO/c1-12(2)10-13-4-6-14(7-5-13)16(17-3)15-8-9-18-11-15/h4-7,12,15-17H,8-11H2,1-3H3. The molecular weight excluding hydrogens is 222 g/mol. The Balaban J connectivity index is 2.06. The molecule has 1 aliphatic heterocycles. The number of ether oxygens (including phenoxy) is 1. The van der Waals surface area contributed by atoms with Crippen molar-refractivity contribution in [2.75, 3.05) is 20.3 Å². The van der Waals surface area contributed by atoms with E-state index >= 15 is 0 Å². The van der Waals surface area contributed by atoms with Gasteiger partial charge in [0.05, 0.1) is 6.61 Å². The molecule has 1 fully saturated rings. The molecule has 2 nitrogen and oxygen atoms in total. The predicted molar refractivity (Wildman–Crippen MR) is 75.7 cm³/mol. The summed E-state index contributed by atoms with van der Waals surface area (Å²) < 4.78 is 5.50. The minimum atomic E-state index is 0.431. The third-order valence-corrected chi connectivity index (χ3v) is 3.73. The highest BCUT2D eigenvalue weighted by Gasteiger charge is 2.25. The van der Waals surface area contributed by atoms with E-state index in [1.807, 2.05) is 7.05 Å². The van der Waals surface area contributed by atoms with Crippen LogP contribution in [0.5, 0.6) is 0 Å². The Kier molecular flexibility index (Phi) is 4.79. The Morgan fingerprint density at radius 2 is 2.00 bits per heavy atom. The van der Waals surface area contributed by atoms with Gasteiger partial charge in [0, 0.05) is 18.6 Å². The minimum absolute atomic E-state index is 0.431. The normalized spacial score (nSPS) is 21.4. The summed E-state index contributed by atoms with van der Waals surface area (Å²) in [5.74, 6) is 1.34. The van der Waals surface area contributed by atoms with Crippen LogP contribution in [-0.2, 0) is 11.2 Å². The SMILES string of the molecule is CNC(c1ccc(CC(C)C)cc1)C1CCOC1. The molecule has 100 valence electrons. The van der Waals surface area contributed by atoms with Gasteiger partial charge in [-0.05, 0) is 36.9 Å². The molecule has 0 aromatic heterocycles. The molecule has 1 N–H and O–H groups in total. The maximum absolute atomic E-state index is 5.50. The number of hydrogen-bond acceptors (Lipinski definition) is 2. The first-order chi connectivity index (χ1) is 8.70. The van der Waals surface area contributed by atoms with Gasteiger partial charge < -0.3 is 10.1 Å². The fraction of sp³-hybridized carbons (Fsp3) is 0.625. The average molecular weight is 247 g/mol. The van der Waals surface area contributed by atoms with Crippen LogP contribution in [0.2, 0.25) is 0 Å². The van der Waals surface area contributed by atoms with E-state index in [0.717, 1.165) is 25.6 Å². The molecule has 1 aliphatic rings. The lowest BCUT2D eigenvalue weighted by atomic mass is 9.91. The Labute approximate surface area is 111 Å². The van der Waals surface area contributed by atoms with Crippen LogP contribution in [0.1, 0.15) is 37.4 Å². The van der Waals surface area contributed by atoms with Crippen molar-refractivity contribution in [3.63, 3.8) is 0 Å². The van der Waals surface area contributed by atoms with E-state index in [2.05, 4.69) is 43.4 Å². The fourth-order valence-corrected chi connectivity index (χ4v) is 2.82. The van der Waals surface area contributed by atoms with Gasteiger partial charge in [-0.25, -0.2) is 0 Å². The summed E-state index contributed by atoms with van der Waals surface area (Å²) in [6.07, 6.45) is 2.33. The van der Waals surface area contributed by atoms with Gasteiger partial charge in [-0.1, -0.05) is 38.1 Å². The summed E-state index contributed by atoms with van der Waals surface area (Å²) in [7, 11) is 2.05. The number of benzene rings is 1. The first kappa shape index (κ1) is 13.6. The van der Waals surface area contributed by atoms with Crippen LogP contribution in [0.15, 0.2) is 24.3 Å². The van der Waals surface area contributed by atoms with Crippen LogP contribution in [-0.4, -0.2) is 20.3 Å². The molecule has 1 saturated heterocycles. The molecule has 0 spiro atoms. The van der Waals surface area contributed by atoms with Gasteiger partial charge in [-0.15, -0.1) is 0 Å². The van der Waals surface area contributed by atoms with Gasteiger partial charge in [-0.3, -0.25) is 0 Å². The van der Waals surface area contributed by atoms with Crippen molar-refractivity contribution < 1.29 is 4.74 Å². The first-order valence-electron chi connectivity index (χ1n) is 7.04. The Bertz CT molecular complexity index is 352. The lowest BCUT2D eigenvalue weighted by Gasteiger charge is -2.22. The molecule has 2 atom stereocenters. The van der Waals surface area contributed by atoms with Gasteiger partial charge >= 0.3 is 0 Å². The molecule has 0 bridgehead atoms.